The molecule has 0 aromatic heterocycles. The smallest absolute Gasteiger partial charge is 0.119 e. The lowest BCUT2D eigenvalue weighted by Gasteiger charge is -2.16. The molecule has 3 nitrogen and oxygen atoms in total. The summed E-state index contributed by atoms with van der Waals surface area (Å²) in [4.78, 5) is 0. The normalized spacial score (nSPS) is 14.9. The van der Waals surface area contributed by atoms with Gasteiger partial charge in [-0.3, -0.25) is 0 Å². The Morgan fingerprint density at radius 1 is 1.45 bits per heavy atom. The summed E-state index contributed by atoms with van der Waals surface area (Å²) in [5, 5.41) is 12.5. The zero-order chi connectivity index (χ0) is 14.6. The number of rotatable bonds is 7. The van der Waals surface area contributed by atoms with Gasteiger partial charge in [-0.1, -0.05) is 15.9 Å². The standard InChI is InChI=1S/C16H21BrN2O/c1-16(2,11-18)7-8-20-14-5-6-15(17)12(9-14)10-19-13-3-4-13/h5-6,9,13,19H,3-4,7-8,10H2,1-2H3. The zero-order valence-electron chi connectivity index (χ0n) is 12.1. The highest BCUT2D eigenvalue weighted by Gasteiger charge is 2.20. The minimum Gasteiger partial charge on any atom is -0.494 e. The molecule has 0 heterocycles. The number of benzene rings is 1. The summed E-state index contributed by atoms with van der Waals surface area (Å²) < 4.78 is 6.87. The van der Waals surface area contributed by atoms with Gasteiger partial charge in [0.05, 0.1) is 18.1 Å². The summed E-state index contributed by atoms with van der Waals surface area (Å²) in [7, 11) is 0. The first-order valence-corrected chi connectivity index (χ1v) is 7.85. The predicted octanol–water partition coefficient (Wildman–Crippen LogP) is 4.02. The second-order valence-corrected chi connectivity index (χ2v) is 6.86. The molecule has 20 heavy (non-hydrogen) atoms. The van der Waals surface area contributed by atoms with E-state index in [2.05, 4.69) is 33.4 Å². The first-order valence-electron chi connectivity index (χ1n) is 7.06. The third-order valence-electron chi connectivity index (χ3n) is 3.47. The highest BCUT2D eigenvalue weighted by atomic mass is 79.9. The van der Waals surface area contributed by atoms with E-state index >= 15 is 0 Å². The van der Waals surface area contributed by atoms with Gasteiger partial charge in [0, 0.05) is 17.1 Å². The molecular weight excluding hydrogens is 316 g/mol. The molecule has 1 N–H and O–H groups in total. The lowest BCUT2D eigenvalue weighted by atomic mass is 9.92. The van der Waals surface area contributed by atoms with Gasteiger partial charge in [0.2, 0.25) is 0 Å². The molecular formula is C16H21BrN2O. The Kier molecular flexibility index (Phi) is 5.06. The van der Waals surface area contributed by atoms with Crippen molar-refractivity contribution in [2.45, 2.75) is 45.7 Å². The van der Waals surface area contributed by atoms with Gasteiger partial charge in [-0.05, 0) is 56.9 Å². The van der Waals surface area contributed by atoms with Crippen molar-refractivity contribution in [3.05, 3.63) is 28.2 Å². The van der Waals surface area contributed by atoms with Crippen LogP contribution >= 0.6 is 15.9 Å². The number of nitrogens with one attached hydrogen (secondary N) is 1. The third-order valence-corrected chi connectivity index (χ3v) is 4.25. The summed E-state index contributed by atoms with van der Waals surface area (Å²) >= 11 is 3.57. The van der Waals surface area contributed by atoms with Gasteiger partial charge in [0.1, 0.15) is 5.75 Å². The van der Waals surface area contributed by atoms with E-state index in [1.807, 2.05) is 26.0 Å². The van der Waals surface area contributed by atoms with Crippen molar-refractivity contribution >= 4 is 15.9 Å². The number of ether oxygens (including phenoxy) is 1. The number of nitrogens with zero attached hydrogens (tertiary/aromatic N) is 1. The lowest BCUT2D eigenvalue weighted by molar-refractivity contribution is 0.264. The number of hydrogen-bond donors (Lipinski definition) is 1. The molecule has 0 unspecified atom stereocenters. The molecule has 0 spiro atoms. The molecule has 0 radical (unpaired) electrons. The van der Waals surface area contributed by atoms with Crippen molar-refractivity contribution in [3.63, 3.8) is 0 Å². The second kappa shape index (κ2) is 6.60. The van der Waals surface area contributed by atoms with Crippen LogP contribution in [-0.2, 0) is 6.54 Å². The van der Waals surface area contributed by atoms with Crippen molar-refractivity contribution in [2.24, 2.45) is 5.41 Å². The molecule has 4 heteroatoms. The first-order chi connectivity index (χ1) is 9.50. The third kappa shape index (κ3) is 4.81. The Bertz CT molecular complexity index is 504. The molecule has 0 aliphatic heterocycles. The van der Waals surface area contributed by atoms with Crippen LogP contribution in [0.3, 0.4) is 0 Å². The average molecular weight is 337 g/mol. The Morgan fingerprint density at radius 3 is 2.85 bits per heavy atom. The van der Waals surface area contributed by atoms with Gasteiger partial charge in [0.25, 0.3) is 0 Å². The minimum absolute atomic E-state index is 0.328. The summed E-state index contributed by atoms with van der Waals surface area (Å²) in [6.07, 6.45) is 3.31. The monoisotopic (exact) mass is 336 g/mol. The quantitative estimate of drug-likeness (QED) is 0.817. The maximum absolute atomic E-state index is 8.98. The summed E-state index contributed by atoms with van der Waals surface area (Å²) in [6.45, 7) is 5.30. The van der Waals surface area contributed by atoms with E-state index in [0.29, 0.717) is 12.6 Å². The summed E-state index contributed by atoms with van der Waals surface area (Å²) in [5.74, 6) is 0.870. The average Bonchev–Trinajstić information content (AvgIpc) is 3.23. The van der Waals surface area contributed by atoms with Gasteiger partial charge in [0.15, 0.2) is 0 Å². The van der Waals surface area contributed by atoms with Crippen LogP contribution in [0.25, 0.3) is 0 Å². The van der Waals surface area contributed by atoms with E-state index in [0.717, 1.165) is 23.2 Å². The molecule has 2 rings (SSSR count). The molecule has 1 fully saturated rings. The van der Waals surface area contributed by atoms with Crippen molar-refractivity contribution in [2.75, 3.05) is 6.61 Å². The maximum atomic E-state index is 8.98. The highest BCUT2D eigenvalue weighted by Crippen LogP contribution is 2.26. The zero-order valence-corrected chi connectivity index (χ0v) is 13.7. The molecule has 0 amide bonds. The maximum Gasteiger partial charge on any atom is 0.119 e. The fourth-order valence-corrected chi connectivity index (χ4v) is 2.18. The van der Waals surface area contributed by atoms with Crippen LogP contribution < -0.4 is 10.1 Å². The predicted molar refractivity (Wildman–Crippen MR) is 83.5 cm³/mol. The molecule has 0 saturated heterocycles. The van der Waals surface area contributed by atoms with Crippen molar-refractivity contribution < 1.29 is 4.74 Å². The Morgan fingerprint density at radius 2 is 2.20 bits per heavy atom. The van der Waals surface area contributed by atoms with Gasteiger partial charge in [-0.2, -0.15) is 5.26 Å². The first kappa shape index (κ1) is 15.3. The van der Waals surface area contributed by atoms with Crippen LogP contribution in [0.15, 0.2) is 22.7 Å². The second-order valence-electron chi connectivity index (χ2n) is 6.00. The van der Waals surface area contributed by atoms with E-state index in [1.54, 1.807) is 0 Å². The highest BCUT2D eigenvalue weighted by molar-refractivity contribution is 9.10. The van der Waals surface area contributed by atoms with E-state index in [-0.39, 0.29) is 5.41 Å². The van der Waals surface area contributed by atoms with Gasteiger partial charge in [-0.15, -0.1) is 0 Å². The summed E-state index contributed by atoms with van der Waals surface area (Å²) in [6, 6.07) is 9.04. The lowest BCUT2D eigenvalue weighted by Crippen LogP contribution is -2.16. The molecule has 0 atom stereocenters. The largest absolute Gasteiger partial charge is 0.494 e. The van der Waals surface area contributed by atoms with Crippen LogP contribution in [0, 0.1) is 16.7 Å². The molecule has 1 aliphatic rings. The van der Waals surface area contributed by atoms with E-state index in [9.17, 15) is 0 Å². The molecule has 1 aromatic carbocycles. The summed E-state index contributed by atoms with van der Waals surface area (Å²) in [5.41, 5.74) is 0.889. The molecule has 1 saturated carbocycles. The SMILES string of the molecule is CC(C)(C#N)CCOc1ccc(Br)c(CNC2CC2)c1. The van der Waals surface area contributed by atoms with Crippen molar-refractivity contribution in [1.29, 1.82) is 5.26 Å². The van der Waals surface area contributed by atoms with Crippen molar-refractivity contribution in [3.8, 4) is 11.8 Å². The fourth-order valence-electron chi connectivity index (χ4n) is 1.80. The van der Waals surface area contributed by atoms with Crippen LogP contribution in [0.5, 0.6) is 5.75 Å². The minimum atomic E-state index is -0.328. The van der Waals surface area contributed by atoms with Gasteiger partial charge >= 0.3 is 0 Å². The van der Waals surface area contributed by atoms with E-state index < -0.39 is 0 Å². The van der Waals surface area contributed by atoms with Crippen LogP contribution in [0.1, 0.15) is 38.7 Å². The topological polar surface area (TPSA) is 45.0 Å². The van der Waals surface area contributed by atoms with Crippen LogP contribution in [-0.4, -0.2) is 12.6 Å². The number of halogens is 1. The molecule has 108 valence electrons. The van der Waals surface area contributed by atoms with E-state index in [4.69, 9.17) is 10.00 Å². The number of hydrogen-bond acceptors (Lipinski definition) is 3. The molecule has 0 bridgehead atoms. The van der Waals surface area contributed by atoms with Crippen LogP contribution in [0.2, 0.25) is 0 Å². The fraction of sp³-hybridized carbons (Fsp3) is 0.562. The Labute approximate surface area is 129 Å². The Hall–Kier alpha value is -1.05. The van der Waals surface area contributed by atoms with Crippen molar-refractivity contribution in [1.82, 2.24) is 5.32 Å². The van der Waals surface area contributed by atoms with Gasteiger partial charge < -0.3 is 10.1 Å². The molecule has 1 aromatic rings. The Balaban J connectivity index is 1.87. The number of nitriles is 1. The van der Waals surface area contributed by atoms with Gasteiger partial charge in [-0.25, -0.2) is 0 Å². The molecule has 1 aliphatic carbocycles. The van der Waals surface area contributed by atoms with E-state index in [1.165, 1.54) is 18.4 Å². The van der Waals surface area contributed by atoms with Crippen LogP contribution in [0.4, 0.5) is 0 Å².